The van der Waals surface area contributed by atoms with Crippen molar-refractivity contribution >= 4 is 5.97 Å². The minimum Gasteiger partial charge on any atom is -0.481 e. The molecule has 3 atom stereocenters. The summed E-state index contributed by atoms with van der Waals surface area (Å²) in [4.78, 5) is 11.2. The van der Waals surface area contributed by atoms with Crippen LogP contribution >= 0.6 is 0 Å². The van der Waals surface area contributed by atoms with Crippen molar-refractivity contribution in [3.8, 4) is 0 Å². The van der Waals surface area contributed by atoms with Crippen LogP contribution in [0, 0.1) is 17.3 Å². The Labute approximate surface area is 118 Å². The summed E-state index contributed by atoms with van der Waals surface area (Å²) in [7, 11) is 0. The normalized spacial score (nSPS) is 30.1. The van der Waals surface area contributed by atoms with Gasteiger partial charge in [-0.1, -0.05) is 27.2 Å². The largest absolute Gasteiger partial charge is 0.481 e. The lowest BCUT2D eigenvalue weighted by Crippen LogP contribution is -2.29. The SMILES string of the molecule is CC(C)(C)C(CC(=O)O)n1nnnc1C1C2CCCC21. The number of nitrogens with zero attached hydrogens (tertiary/aromatic N) is 4. The Morgan fingerprint density at radius 1 is 1.40 bits per heavy atom. The number of aromatic nitrogens is 4. The summed E-state index contributed by atoms with van der Waals surface area (Å²) in [6, 6.07) is -0.202. The van der Waals surface area contributed by atoms with Crippen LogP contribution in [0.15, 0.2) is 0 Å². The Morgan fingerprint density at radius 2 is 2.05 bits per heavy atom. The van der Waals surface area contributed by atoms with E-state index in [4.69, 9.17) is 0 Å². The lowest BCUT2D eigenvalue weighted by molar-refractivity contribution is -0.138. The van der Waals surface area contributed by atoms with Crippen molar-refractivity contribution in [3.63, 3.8) is 0 Å². The molecule has 1 heterocycles. The number of fused-ring (bicyclic) bond motifs is 1. The maximum Gasteiger partial charge on any atom is 0.305 e. The molecule has 1 aromatic rings. The quantitative estimate of drug-likeness (QED) is 0.913. The first-order valence-electron chi connectivity index (χ1n) is 7.39. The summed E-state index contributed by atoms with van der Waals surface area (Å²) in [5.41, 5.74) is -0.188. The van der Waals surface area contributed by atoms with Crippen LogP contribution in [0.3, 0.4) is 0 Å². The number of hydrogen-bond donors (Lipinski definition) is 1. The van der Waals surface area contributed by atoms with Gasteiger partial charge in [0.15, 0.2) is 5.82 Å². The van der Waals surface area contributed by atoms with E-state index in [1.807, 2.05) is 20.8 Å². The van der Waals surface area contributed by atoms with Gasteiger partial charge in [0.05, 0.1) is 12.5 Å². The van der Waals surface area contributed by atoms with E-state index in [1.165, 1.54) is 19.3 Å². The first-order chi connectivity index (χ1) is 9.39. The summed E-state index contributed by atoms with van der Waals surface area (Å²) in [6.07, 6.45) is 3.90. The van der Waals surface area contributed by atoms with Crippen LogP contribution in [-0.4, -0.2) is 31.3 Å². The summed E-state index contributed by atoms with van der Waals surface area (Å²) in [5.74, 6) is 2.01. The highest BCUT2D eigenvalue weighted by Crippen LogP contribution is 2.62. The van der Waals surface area contributed by atoms with E-state index < -0.39 is 5.97 Å². The van der Waals surface area contributed by atoms with Crippen molar-refractivity contribution in [2.24, 2.45) is 17.3 Å². The van der Waals surface area contributed by atoms with Gasteiger partial charge in [-0.3, -0.25) is 4.79 Å². The van der Waals surface area contributed by atoms with E-state index in [0.29, 0.717) is 5.92 Å². The molecule has 1 N–H and O–H groups in total. The van der Waals surface area contributed by atoms with Gasteiger partial charge in [0.1, 0.15) is 0 Å². The molecule has 2 saturated carbocycles. The second-order valence-electron chi connectivity index (χ2n) is 7.25. The van der Waals surface area contributed by atoms with Gasteiger partial charge in [-0.2, -0.15) is 0 Å². The fourth-order valence-electron chi connectivity index (χ4n) is 3.77. The Morgan fingerprint density at radius 3 is 2.60 bits per heavy atom. The number of carbonyl (C=O) groups is 1. The Hall–Kier alpha value is -1.46. The van der Waals surface area contributed by atoms with Crippen molar-refractivity contribution in [2.75, 3.05) is 0 Å². The highest BCUT2D eigenvalue weighted by Gasteiger charge is 2.56. The van der Waals surface area contributed by atoms with Crippen molar-refractivity contribution in [1.82, 2.24) is 20.2 Å². The number of carboxylic acid groups (broad SMARTS) is 1. The second kappa shape index (κ2) is 4.53. The highest BCUT2D eigenvalue weighted by molar-refractivity contribution is 5.67. The molecule has 2 aliphatic rings. The van der Waals surface area contributed by atoms with Crippen LogP contribution in [0.1, 0.15) is 64.2 Å². The third kappa shape index (κ3) is 2.21. The lowest BCUT2D eigenvalue weighted by Gasteiger charge is -2.30. The molecule has 0 radical (unpaired) electrons. The Kier molecular flexibility index (Phi) is 3.06. The van der Waals surface area contributed by atoms with E-state index in [9.17, 15) is 9.90 Å². The number of aliphatic carboxylic acids is 1. The predicted octanol–water partition coefficient (Wildman–Crippen LogP) is 2.25. The molecule has 2 aliphatic carbocycles. The minimum atomic E-state index is -0.803. The molecule has 0 saturated heterocycles. The van der Waals surface area contributed by atoms with Gasteiger partial charge in [0, 0.05) is 5.92 Å². The fraction of sp³-hybridized carbons (Fsp3) is 0.857. The highest BCUT2D eigenvalue weighted by atomic mass is 16.4. The molecule has 0 amide bonds. The van der Waals surface area contributed by atoms with Gasteiger partial charge in [0.25, 0.3) is 0 Å². The van der Waals surface area contributed by atoms with Crippen LogP contribution in [0.4, 0.5) is 0 Å². The number of rotatable bonds is 4. The average Bonchev–Trinajstić information content (AvgIpc) is 2.78. The van der Waals surface area contributed by atoms with E-state index in [1.54, 1.807) is 4.68 Å². The predicted molar refractivity (Wildman–Crippen MR) is 72.1 cm³/mol. The first kappa shape index (κ1) is 13.5. The maximum atomic E-state index is 11.2. The molecule has 1 aromatic heterocycles. The molecule has 20 heavy (non-hydrogen) atoms. The molecule has 0 aliphatic heterocycles. The molecule has 6 nitrogen and oxygen atoms in total. The van der Waals surface area contributed by atoms with Crippen molar-refractivity contribution in [2.45, 2.75) is 58.4 Å². The Bertz CT molecular complexity index is 509. The fourth-order valence-corrected chi connectivity index (χ4v) is 3.77. The molecule has 3 unspecified atom stereocenters. The molecule has 3 rings (SSSR count). The van der Waals surface area contributed by atoms with Crippen molar-refractivity contribution in [1.29, 1.82) is 0 Å². The summed E-state index contributed by atoms with van der Waals surface area (Å²) in [5, 5.41) is 21.3. The molecular weight excluding hydrogens is 256 g/mol. The number of carboxylic acids is 1. The van der Waals surface area contributed by atoms with Crippen LogP contribution in [-0.2, 0) is 4.79 Å². The molecule has 0 aromatic carbocycles. The minimum absolute atomic E-state index is 0.0591. The van der Waals surface area contributed by atoms with Gasteiger partial charge in [-0.25, -0.2) is 4.68 Å². The van der Waals surface area contributed by atoms with E-state index in [2.05, 4.69) is 15.5 Å². The molecule has 6 heteroatoms. The molecular formula is C14H22N4O2. The van der Waals surface area contributed by atoms with E-state index in [-0.39, 0.29) is 17.9 Å². The van der Waals surface area contributed by atoms with Gasteiger partial charge >= 0.3 is 5.97 Å². The zero-order valence-electron chi connectivity index (χ0n) is 12.3. The van der Waals surface area contributed by atoms with E-state index >= 15 is 0 Å². The van der Waals surface area contributed by atoms with Crippen LogP contribution < -0.4 is 0 Å². The van der Waals surface area contributed by atoms with E-state index in [0.717, 1.165) is 17.7 Å². The van der Waals surface area contributed by atoms with Gasteiger partial charge in [0.2, 0.25) is 0 Å². The summed E-state index contributed by atoms with van der Waals surface area (Å²) < 4.78 is 1.79. The third-order valence-electron chi connectivity index (χ3n) is 4.89. The summed E-state index contributed by atoms with van der Waals surface area (Å²) >= 11 is 0. The topological polar surface area (TPSA) is 80.9 Å². The van der Waals surface area contributed by atoms with Crippen LogP contribution in [0.2, 0.25) is 0 Å². The molecule has 0 spiro atoms. The second-order valence-corrected chi connectivity index (χ2v) is 7.25. The van der Waals surface area contributed by atoms with Crippen LogP contribution in [0.25, 0.3) is 0 Å². The number of tetrazole rings is 1. The van der Waals surface area contributed by atoms with Crippen molar-refractivity contribution < 1.29 is 9.90 Å². The van der Waals surface area contributed by atoms with Gasteiger partial charge in [-0.15, -0.1) is 5.10 Å². The Balaban J connectivity index is 1.88. The number of hydrogen-bond acceptors (Lipinski definition) is 4. The smallest absolute Gasteiger partial charge is 0.305 e. The molecule has 0 bridgehead atoms. The van der Waals surface area contributed by atoms with Gasteiger partial charge in [-0.05, 0) is 40.5 Å². The summed E-state index contributed by atoms with van der Waals surface area (Å²) in [6.45, 7) is 6.12. The lowest BCUT2D eigenvalue weighted by atomic mass is 9.84. The standard InChI is InChI=1S/C14H22N4O2/c1-14(2,3)10(7-11(19)20)18-13(15-16-17-18)12-8-5-4-6-9(8)12/h8-10,12H,4-7H2,1-3H3,(H,19,20). The van der Waals surface area contributed by atoms with Crippen molar-refractivity contribution in [3.05, 3.63) is 5.82 Å². The molecule has 110 valence electrons. The van der Waals surface area contributed by atoms with Gasteiger partial charge < -0.3 is 5.11 Å². The monoisotopic (exact) mass is 278 g/mol. The first-order valence-corrected chi connectivity index (χ1v) is 7.39. The van der Waals surface area contributed by atoms with Crippen LogP contribution in [0.5, 0.6) is 0 Å². The maximum absolute atomic E-state index is 11.2. The zero-order chi connectivity index (χ0) is 14.5. The average molecular weight is 278 g/mol. The zero-order valence-corrected chi connectivity index (χ0v) is 12.3. The molecule has 2 fully saturated rings. The third-order valence-corrected chi connectivity index (χ3v) is 4.89.